The van der Waals surface area contributed by atoms with Gasteiger partial charge in [-0.25, -0.2) is 0 Å². The SMILES string of the molecule is CS[C@H]1O[C@H]([C@H](NC(=O)[C@@H]2CC[C@H](CCCCOc3cccnc3)CCN2)[C@H](C)Cl)[C@H](O)[C@H](O)[C@H]1O. The highest BCUT2D eigenvalue weighted by molar-refractivity contribution is 7.99. The van der Waals surface area contributed by atoms with Crippen LogP contribution in [0.15, 0.2) is 24.5 Å². The van der Waals surface area contributed by atoms with Crippen molar-refractivity contribution >= 4 is 29.3 Å². The van der Waals surface area contributed by atoms with Crippen LogP contribution >= 0.6 is 23.4 Å². The van der Waals surface area contributed by atoms with Crippen molar-refractivity contribution in [2.75, 3.05) is 19.4 Å². The lowest BCUT2D eigenvalue weighted by Gasteiger charge is -2.44. The summed E-state index contributed by atoms with van der Waals surface area (Å²) in [4.78, 5) is 17.2. The molecule has 3 heterocycles. The van der Waals surface area contributed by atoms with Crippen LogP contribution in [0.3, 0.4) is 0 Å². The molecular formula is C25H40ClN3O6S. The number of carbonyl (C=O) groups is 1. The average Bonchev–Trinajstić information content (AvgIpc) is 3.12. The molecule has 11 heteroatoms. The molecule has 1 aromatic heterocycles. The Morgan fingerprint density at radius 3 is 2.78 bits per heavy atom. The molecule has 1 aromatic rings. The van der Waals surface area contributed by atoms with Gasteiger partial charge in [0.05, 0.1) is 30.3 Å². The number of aliphatic hydroxyl groups is 3. The second-order valence-corrected chi connectivity index (χ2v) is 11.3. The third kappa shape index (κ3) is 8.18. The minimum absolute atomic E-state index is 0.199. The van der Waals surface area contributed by atoms with E-state index in [2.05, 4.69) is 15.6 Å². The number of rotatable bonds is 11. The normalized spacial score (nSPS) is 32.8. The first-order valence-electron chi connectivity index (χ1n) is 12.7. The standard InChI is InChI=1S/C25H40ClN3O6S/c1-15(26)19(23-21(31)20(30)22(32)25(35-23)36-2)29-24(33)18-9-8-16(10-12-28-18)6-3-4-13-34-17-7-5-11-27-14-17/h5,7,11,14-16,18-23,25,28,30-32H,3-4,6,8-10,12-13H2,1-2H3,(H,29,33)/t15-,16-,18-,19+,20-,21+,22+,23+,25+/m0/s1. The first-order chi connectivity index (χ1) is 17.3. The number of carbonyl (C=O) groups excluding carboxylic acids is 1. The molecule has 0 bridgehead atoms. The number of nitrogens with zero attached hydrogens (tertiary/aromatic N) is 1. The van der Waals surface area contributed by atoms with Crippen molar-refractivity contribution in [3.63, 3.8) is 0 Å². The van der Waals surface area contributed by atoms with Gasteiger partial charge in [-0.05, 0) is 69.9 Å². The van der Waals surface area contributed by atoms with Gasteiger partial charge in [0, 0.05) is 6.20 Å². The number of ether oxygens (including phenoxy) is 2. The number of pyridine rings is 1. The van der Waals surface area contributed by atoms with Crippen molar-refractivity contribution < 1.29 is 29.6 Å². The van der Waals surface area contributed by atoms with E-state index in [1.807, 2.05) is 12.1 Å². The zero-order valence-corrected chi connectivity index (χ0v) is 22.5. The highest BCUT2D eigenvalue weighted by Gasteiger charge is 2.48. The summed E-state index contributed by atoms with van der Waals surface area (Å²) < 4.78 is 11.6. The third-order valence-electron chi connectivity index (χ3n) is 7.03. The Hall–Kier alpha value is -1.14. The molecule has 2 fully saturated rings. The van der Waals surface area contributed by atoms with Crippen molar-refractivity contribution in [2.24, 2.45) is 5.92 Å². The molecule has 9 atom stereocenters. The van der Waals surface area contributed by atoms with Gasteiger partial charge in [-0.2, -0.15) is 0 Å². The molecule has 1 amide bonds. The van der Waals surface area contributed by atoms with Crippen molar-refractivity contribution in [3.05, 3.63) is 24.5 Å². The summed E-state index contributed by atoms with van der Waals surface area (Å²) in [5, 5.41) is 36.7. The van der Waals surface area contributed by atoms with Crippen molar-refractivity contribution in [1.82, 2.24) is 15.6 Å². The number of amides is 1. The van der Waals surface area contributed by atoms with Crippen LogP contribution < -0.4 is 15.4 Å². The van der Waals surface area contributed by atoms with E-state index in [9.17, 15) is 20.1 Å². The van der Waals surface area contributed by atoms with Crippen molar-refractivity contribution in [2.45, 2.75) is 92.8 Å². The van der Waals surface area contributed by atoms with Gasteiger partial charge in [-0.3, -0.25) is 9.78 Å². The highest BCUT2D eigenvalue weighted by atomic mass is 35.5. The quantitative estimate of drug-likeness (QED) is 0.208. The number of hydrogen-bond donors (Lipinski definition) is 5. The van der Waals surface area contributed by atoms with Crippen LogP contribution in [0.25, 0.3) is 0 Å². The lowest BCUT2D eigenvalue weighted by Crippen LogP contribution is -2.65. The van der Waals surface area contributed by atoms with Gasteiger partial charge < -0.3 is 35.4 Å². The van der Waals surface area contributed by atoms with Crippen LogP contribution in [0.5, 0.6) is 5.75 Å². The van der Waals surface area contributed by atoms with Crippen LogP contribution in [0.4, 0.5) is 0 Å². The van der Waals surface area contributed by atoms with Crippen LogP contribution in [0.2, 0.25) is 0 Å². The maximum Gasteiger partial charge on any atom is 0.237 e. The molecule has 204 valence electrons. The minimum atomic E-state index is -1.39. The molecule has 0 unspecified atom stereocenters. The molecule has 36 heavy (non-hydrogen) atoms. The van der Waals surface area contributed by atoms with Gasteiger partial charge >= 0.3 is 0 Å². The van der Waals surface area contributed by atoms with E-state index in [1.165, 1.54) is 11.8 Å². The Balaban J connectivity index is 1.45. The summed E-state index contributed by atoms with van der Waals surface area (Å²) in [7, 11) is 0. The largest absolute Gasteiger partial charge is 0.492 e. The summed E-state index contributed by atoms with van der Waals surface area (Å²) in [5.74, 6) is 1.13. The smallest absolute Gasteiger partial charge is 0.237 e. The summed E-state index contributed by atoms with van der Waals surface area (Å²) >= 11 is 7.62. The topological polar surface area (TPSA) is 133 Å². The maximum atomic E-state index is 13.1. The van der Waals surface area contributed by atoms with E-state index >= 15 is 0 Å². The van der Waals surface area contributed by atoms with Gasteiger partial charge in [0.25, 0.3) is 0 Å². The number of nitrogens with one attached hydrogen (secondary N) is 2. The summed E-state index contributed by atoms with van der Waals surface area (Å²) in [5.41, 5.74) is -0.727. The molecule has 5 N–H and O–H groups in total. The summed E-state index contributed by atoms with van der Waals surface area (Å²) in [6.45, 7) is 3.12. The minimum Gasteiger partial charge on any atom is -0.492 e. The molecular weight excluding hydrogens is 506 g/mol. The van der Waals surface area contributed by atoms with Gasteiger partial charge in [0.1, 0.15) is 35.6 Å². The van der Waals surface area contributed by atoms with Gasteiger partial charge in [0.2, 0.25) is 5.91 Å². The number of thioether (sulfide) groups is 1. The van der Waals surface area contributed by atoms with E-state index in [-0.39, 0.29) is 11.9 Å². The molecule has 2 saturated heterocycles. The second kappa shape index (κ2) is 14.7. The lowest BCUT2D eigenvalue weighted by molar-refractivity contribution is -0.205. The molecule has 0 aliphatic carbocycles. The number of unbranched alkanes of at least 4 members (excludes halogenated alkanes) is 1. The van der Waals surface area contributed by atoms with E-state index in [1.54, 1.807) is 25.6 Å². The zero-order valence-electron chi connectivity index (χ0n) is 21.0. The van der Waals surface area contributed by atoms with Gasteiger partial charge in [0.15, 0.2) is 0 Å². The second-order valence-electron chi connectivity index (χ2n) is 9.66. The maximum absolute atomic E-state index is 13.1. The van der Waals surface area contributed by atoms with Crippen molar-refractivity contribution in [1.29, 1.82) is 0 Å². The molecule has 2 aliphatic rings. The Bertz CT molecular complexity index is 792. The number of aromatic nitrogens is 1. The lowest BCUT2D eigenvalue weighted by atomic mass is 9.92. The first kappa shape index (κ1) is 29.4. The van der Waals surface area contributed by atoms with Crippen LogP contribution in [-0.2, 0) is 9.53 Å². The van der Waals surface area contributed by atoms with Crippen molar-refractivity contribution in [3.8, 4) is 5.75 Å². The molecule has 2 aliphatic heterocycles. The highest BCUT2D eigenvalue weighted by Crippen LogP contribution is 2.30. The number of alkyl halides is 1. The van der Waals surface area contributed by atoms with E-state index in [0.29, 0.717) is 18.9 Å². The predicted octanol–water partition coefficient (Wildman–Crippen LogP) is 1.67. The monoisotopic (exact) mass is 545 g/mol. The van der Waals surface area contributed by atoms with Crippen LogP contribution in [0, 0.1) is 5.92 Å². The molecule has 0 saturated carbocycles. The Morgan fingerprint density at radius 1 is 1.28 bits per heavy atom. The van der Waals surface area contributed by atoms with E-state index < -0.39 is 41.3 Å². The van der Waals surface area contributed by atoms with Gasteiger partial charge in [-0.15, -0.1) is 23.4 Å². The van der Waals surface area contributed by atoms with E-state index in [4.69, 9.17) is 21.1 Å². The fraction of sp³-hybridized carbons (Fsp3) is 0.760. The number of hydrogen-bond acceptors (Lipinski definition) is 9. The molecule has 0 aromatic carbocycles. The van der Waals surface area contributed by atoms with Crippen LogP contribution in [0.1, 0.15) is 45.4 Å². The fourth-order valence-electron chi connectivity index (χ4n) is 4.87. The predicted molar refractivity (Wildman–Crippen MR) is 140 cm³/mol. The summed E-state index contributed by atoms with van der Waals surface area (Å²) in [6.07, 6.45) is 6.03. The third-order valence-corrected chi connectivity index (χ3v) is 8.16. The van der Waals surface area contributed by atoms with Gasteiger partial charge in [-0.1, -0.05) is 6.42 Å². The average molecular weight is 546 g/mol. The molecule has 0 radical (unpaired) electrons. The fourth-order valence-corrected chi connectivity index (χ4v) is 5.75. The Morgan fingerprint density at radius 2 is 2.08 bits per heavy atom. The Labute approximate surface area is 222 Å². The molecule has 3 rings (SSSR count). The summed E-state index contributed by atoms with van der Waals surface area (Å²) in [6, 6.07) is 2.66. The molecule has 0 spiro atoms. The first-order valence-corrected chi connectivity index (χ1v) is 14.5. The molecule has 9 nitrogen and oxygen atoms in total. The Kier molecular flexibility index (Phi) is 12.0. The zero-order chi connectivity index (χ0) is 26.1. The number of aliphatic hydroxyl groups excluding tert-OH is 3. The number of halogens is 1. The van der Waals surface area contributed by atoms with E-state index in [0.717, 1.165) is 44.4 Å². The van der Waals surface area contributed by atoms with Crippen LogP contribution in [-0.4, -0.2) is 92.9 Å².